The van der Waals surface area contributed by atoms with Crippen LogP contribution in [0.2, 0.25) is 0 Å². The molecule has 0 spiro atoms. The van der Waals surface area contributed by atoms with Crippen LogP contribution in [-0.4, -0.2) is 11.6 Å². The third-order valence-electron chi connectivity index (χ3n) is 3.45. The van der Waals surface area contributed by atoms with Gasteiger partial charge in [0.2, 0.25) is 0 Å². The van der Waals surface area contributed by atoms with E-state index in [9.17, 15) is 13.2 Å². The first-order chi connectivity index (χ1) is 8.92. The summed E-state index contributed by atoms with van der Waals surface area (Å²) in [5.74, 6) is 0.781. The summed E-state index contributed by atoms with van der Waals surface area (Å²) in [6.07, 6.45) is 3.66. The number of halogens is 3. The third kappa shape index (κ3) is 5.07. The first kappa shape index (κ1) is 14.7. The fourth-order valence-electron chi connectivity index (χ4n) is 2.46. The summed E-state index contributed by atoms with van der Waals surface area (Å²) in [7, 11) is 0. The van der Waals surface area contributed by atoms with E-state index in [4.69, 9.17) is 0 Å². The van der Waals surface area contributed by atoms with E-state index in [1.165, 1.54) is 31.4 Å². The van der Waals surface area contributed by atoms with E-state index >= 15 is 0 Å². The van der Waals surface area contributed by atoms with Gasteiger partial charge in [0, 0.05) is 17.5 Å². The van der Waals surface area contributed by atoms with E-state index in [1.54, 1.807) is 12.1 Å². The highest BCUT2D eigenvalue weighted by Gasteiger charge is 2.29. The molecular formula is C14H18F3NS. The summed E-state index contributed by atoms with van der Waals surface area (Å²) in [5.41, 5.74) is -3.18. The summed E-state index contributed by atoms with van der Waals surface area (Å²) < 4.78 is 36.5. The van der Waals surface area contributed by atoms with Crippen molar-refractivity contribution in [2.45, 2.75) is 49.2 Å². The van der Waals surface area contributed by atoms with Gasteiger partial charge in [0.1, 0.15) is 0 Å². The third-order valence-corrected chi connectivity index (χ3v) is 4.19. The molecule has 1 fully saturated rings. The Morgan fingerprint density at radius 3 is 2.42 bits per heavy atom. The molecule has 19 heavy (non-hydrogen) atoms. The van der Waals surface area contributed by atoms with Gasteiger partial charge in [-0.2, -0.15) is 13.2 Å². The van der Waals surface area contributed by atoms with Crippen LogP contribution >= 0.6 is 11.8 Å². The predicted molar refractivity (Wildman–Crippen MR) is 72.0 cm³/mol. The lowest BCUT2D eigenvalue weighted by molar-refractivity contribution is -0.0328. The van der Waals surface area contributed by atoms with Crippen molar-refractivity contribution in [2.75, 3.05) is 0 Å². The SMILES string of the molecule is CC1CCC(NCc2ccc(SC(F)(F)F)cc2)C1. The smallest absolute Gasteiger partial charge is 0.310 e. The molecule has 1 saturated carbocycles. The number of rotatable bonds is 4. The second-order valence-electron chi connectivity index (χ2n) is 5.19. The molecule has 1 nitrogen and oxygen atoms in total. The highest BCUT2D eigenvalue weighted by molar-refractivity contribution is 8.00. The lowest BCUT2D eigenvalue weighted by atomic mass is 10.1. The van der Waals surface area contributed by atoms with Gasteiger partial charge in [-0.1, -0.05) is 19.1 Å². The van der Waals surface area contributed by atoms with Crippen molar-refractivity contribution in [3.05, 3.63) is 29.8 Å². The van der Waals surface area contributed by atoms with Gasteiger partial charge in [-0.15, -0.1) is 0 Å². The topological polar surface area (TPSA) is 12.0 Å². The van der Waals surface area contributed by atoms with Crippen LogP contribution in [0.3, 0.4) is 0 Å². The minimum absolute atomic E-state index is 0.0673. The fourth-order valence-corrected chi connectivity index (χ4v) is 3.00. The minimum atomic E-state index is -4.21. The number of benzene rings is 1. The van der Waals surface area contributed by atoms with E-state index in [0.29, 0.717) is 6.04 Å². The van der Waals surface area contributed by atoms with Crippen molar-refractivity contribution in [3.8, 4) is 0 Å². The van der Waals surface area contributed by atoms with Gasteiger partial charge in [-0.3, -0.25) is 0 Å². The number of hydrogen-bond donors (Lipinski definition) is 1. The molecule has 0 aromatic heterocycles. The average molecular weight is 289 g/mol. The van der Waals surface area contributed by atoms with Crippen molar-refractivity contribution < 1.29 is 13.2 Å². The molecule has 0 aliphatic heterocycles. The Morgan fingerprint density at radius 1 is 1.21 bits per heavy atom. The Bertz CT molecular complexity index is 402. The number of thioether (sulfide) groups is 1. The molecule has 0 radical (unpaired) electrons. The van der Waals surface area contributed by atoms with Gasteiger partial charge in [-0.05, 0) is 54.6 Å². The lowest BCUT2D eigenvalue weighted by Gasteiger charge is -2.12. The molecule has 0 saturated heterocycles. The van der Waals surface area contributed by atoms with Crippen LogP contribution in [0.15, 0.2) is 29.2 Å². The van der Waals surface area contributed by atoms with Crippen LogP contribution in [0.5, 0.6) is 0 Å². The van der Waals surface area contributed by atoms with E-state index in [1.807, 2.05) is 0 Å². The zero-order chi connectivity index (χ0) is 13.9. The molecule has 1 aromatic carbocycles. The quantitative estimate of drug-likeness (QED) is 0.814. The van der Waals surface area contributed by atoms with E-state index in [2.05, 4.69) is 12.2 Å². The van der Waals surface area contributed by atoms with Crippen LogP contribution < -0.4 is 5.32 Å². The van der Waals surface area contributed by atoms with Gasteiger partial charge >= 0.3 is 5.51 Å². The minimum Gasteiger partial charge on any atom is -0.310 e. The Kier molecular flexibility index (Phi) is 4.79. The predicted octanol–water partition coefficient (Wildman–Crippen LogP) is 4.58. The molecule has 1 N–H and O–H groups in total. The highest BCUT2D eigenvalue weighted by Crippen LogP contribution is 2.36. The Labute approximate surface area is 116 Å². The average Bonchev–Trinajstić information content (AvgIpc) is 2.72. The number of hydrogen-bond acceptors (Lipinski definition) is 2. The van der Waals surface area contributed by atoms with Crippen LogP contribution in [-0.2, 0) is 6.54 Å². The van der Waals surface area contributed by atoms with Gasteiger partial charge < -0.3 is 5.32 Å². The molecule has 2 atom stereocenters. The number of alkyl halides is 3. The molecule has 106 valence electrons. The summed E-state index contributed by atoms with van der Waals surface area (Å²) in [4.78, 5) is 0.241. The molecule has 5 heteroatoms. The molecule has 0 bridgehead atoms. The van der Waals surface area contributed by atoms with Crippen molar-refractivity contribution in [1.82, 2.24) is 5.32 Å². The maximum Gasteiger partial charge on any atom is 0.446 e. The van der Waals surface area contributed by atoms with Crippen LogP contribution in [0.25, 0.3) is 0 Å². The summed E-state index contributed by atoms with van der Waals surface area (Å²) in [6, 6.07) is 7.15. The Balaban J connectivity index is 1.82. The molecular weight excluding hydrogens is 271 g/mol. The lowest BCUT2D eigenvalue weighted by Crippen LogP contribution is -2.25. The van der Waals surface area contributed by atoms with Crippen LogP contribution in [0.1, 0.15) is 31.7 Å². The van der Waals surface area contributed by atoms with Crippen molar-refractivity contribution >= 4 is 11.8 Å². The van der Waals surface area contributed by atoms with Gasteiger partial charge in [0.25, 0.3) is 0 Å². The second kappa shape index (κ2) is 6.18. The van der Waals surface area contributed by atoms with Crippen LogP contribution in [0.4, 0.5) is 13.2 Å². The van der Waals surface area contributed by atoms with Crippen LogP contribution in [0, 0.1) is 5.92 Å². The van der Waals surface area contributed by atoms with E-state index in [-0.39, 0.29) is 16.7 Å². The number of nitrogens with one attached hydrogen (secondary N) is 1. The zero-order valence-corrected chi connectivity index (χ0v) is 11.7. The molecule has 2 unspecified atom stereocenters. The van der Waals surface area contributed by atoms with Gasteiger partial charge in [-0.25, -0.2) is 0 Å². The maximum atomic E-state index is 12.2. The fraction of sp³-hybridized carbons (Fsp3) is 0.571. The zero-order valence-electron chi connectivity index (χ0n) is 10.8. The molecule has 1 aromatic rings. The molecule has 1 aliphatic carbocycles. The van der Waals surface area contributed by atoms with Crippen molar-refractivity contribution in [1.29, 1.82) is 0 Å². The highest BCUT2D eigenvalue weighted by atomic mass is 32.2. The van der Waals surface area contributed by atoms with Gasteiger partial charge in [0.05, 0.1) is 0 Å². The maximum absolute atomic E-state index is 12.2. The summed E-state index contributed by atoms with van der Waals surface area (Å²) in [5, 5.41) is 3.47. The van der Waals surface area contributed by atoms with Crippen molar-refractivity contribution in [3.63, 3.8) is 0 Å². The molecule has 0 heterocycles. The normalized spacial score (nSPS) is 23.8. The van der Waals surface area contributed by atoms with E-state index in [0.717, 1.165) is 18.0 Å². The summed E-state index contributed by atoms with van der Waals surface area (Å²) >= 11 is -0.0673. The molecule has 2 rings (SSSR count). The summed E-state index contributed by atoms with van der Waals surface area (Å²) in [6.45, 7) is 2.99. The van der Waals surface area contributed by atoms with E-state index < -0.39 is 5.51 Å². The Hall–Kier alpha value is -0.680. The first-order valence-electron chi connectivity index (χ1n) is 6.50. The monoisotopic (exact) mass is 289 g/mol. The molecule has 1 aliphatic rings. The van der Waals surface area contributed by atoms with Crippen molar-refractivity contribution in [2.24, 2.45) is 5.92 Å². The van der Waals surface area contributed by atoms with Gasteiger partial charge in [0.15, 0.2) is 0 Å². The first-order valence-corrected chi connectivity index (χ1v) is 7.32. The molecule has 0 amide bonds. The standard InChI is InChI=1S/C14H18F3NS/c1-10-2-5-12(8-10)18-9-11-3-6-13(7-4-11)19-14(15,16)17/h3-4,6-7,10,12,18H,2,5,8-9H2,1H3. The largest absolute Gasteiger partial charge is 0.446 e. The Morgan fingerprint density at radius 2 is 1.89 bits per heavy atom. The second-order valence-corrected chi connectivity index (χ2v) is 6.33.